The molecule has 0 saturated carbocycles. The number of fused-ring (bicyclic) bond motifs is 2. The zero-order valence-electron chi connectivity index (χ0n) is 18.8. The fourth-order valence-electron chi connectivity index (χ4n) is 3.42. The number of para-hydroxylation sites is 2. The maximum absolute atomic E-state index is 10.3. The Labute approximate surface area is 188 Å². The molecular formula is C24H32N2O4S. The number of carbonyl (C=O) groups is 2. The molecule has 168 valence electrons. The maximum atomic E-state index is 10.3. The molecular weight excluding hydrogens is 412 g/mol. The van der Waals surface area contributed by atoms with Crippen molar-refractivity contribution in [2.24, 2.45) is 5.92 Å². The number of carbonyl (C=O) groups excluding carboxylic acids is 2. The Kier molecular flexibility index (Phi) is 9.25. The van der Waals surface area contributed by atoms with Gasteiger partial charge < -0.3 is 20.0 Å². The van der Waals surface area contributed by atoms with Crippen LogP contribution in [0.3, 0.4) is 0 Å². The van der Waals surface area contributed by atoms with E-state index in [4.69, 9.17) is 10.2 Å². The van der Waals surface area contributed by atoms with Gasteiger partial charge in [0.2, 0.25) is 0 Å². The van der Waals surface area contributed by atoms with E-state index >= 15 is 0 Å². The highest BCUT2D eigenvalue weighted by molar-refractivity contribution is 7.99. The van der Waals surface area contributed by atoms with Crippen LogP contribution in [0.4, 0.5) is 11.4 Å². The second-order valence-corrected chi connectivity index (χ2v) is 9.21. The van der Waals surface area contributed by atoms with Crippen molar-refractivity contribution in [1.29, 1.82) is 0 Å². The van der Waals surface area contributed by atoms with Gasteiger partial charge in [-0.3, -0.25) is 9.59 Å². The molecule has 0 spiro atoms. The van der Waals surface area contributed by atoms with Gasteiger partial charge in [0.05, 0.1) is 11.4 Å². The van der Waals surface area contributed by atoms with E-state index in [-0.39, 0.29) is 0 Å². The third-order valence-electron chi connectivity index (χ3n) is 4.84. The SMILES string of the molecule is CC(=O)[C@H](O)[C@@H](O)C(C)=O.CC(CN(C)C)CN1c2ccccc2Sc2ccccc21. The summed E-state index contributed by atoms with van der Waals surface area (Å²) in [5.41, 5.74) is 2.68. The third kappa shape index (κ3) is 6.90. The van der Waals surface area contributed by atoms with Crippen LogP contribution in [0.15, 0.2) is 58.3 Å². The number of aliphatic hydroxyl groups is 2. The van der Waals surface area contributed by atoms with Gasteiger partial charge in [-0.1, -0.05) is 43.0 Å². The van der Waals surface area contributed by atoms with Crippen LogP contribution in [0.2, 0.25) is 0 Å². The molecule has 1 aliphatic rings. The molecule has 0 aromatic heterocycles. The normalized spacial score (nSPS) is 15.2. The lowest BCUT2D eigenvalue weighted by molar-refractivity contribution is -0.140. The molecule has 2 aromatic carbocycles. The van der Waals surface area contributed by atoms with Gasteiger partial charge in [-0.25, -0.2) is 0 Å². The van der Waals surface area contributed by atoms with E-state index in [0.29, 0.717) is 5.92 Å². The minimum atomic E-state index is -1.57. The Morgan fingerprint density at radius 2 is 1.32 bits per heavy atom. The first-order valence-electron chi connectivity index (χ1n) is 10.3. The molecule has 2 aromatic rings. The molecule has 1 aliphatic heterocycles. The van der Waals surface area contributed by atoms with E-state index in [1.165, 1.54) is 21.2 Å². The number of ketones is 2. The molecule has 1 heterocycles. The van der Waals surface area contributed by atoms with E-state index in [9.17, 15) is 9.59 Å². The van der Waals surface area contributed by atoms with E-state index in [1.807, 2.05) is 11.8 Å². The van der Waals surface area contributed by atoms with Gasteiger partial charge in [-0.05, 0) is 58.1 Å². The molecule has 0 aliphatic carbocycles. The number of hydrogen-bond acceptors (Lipinski definition) is 7. The molecule has 0 amide bonds. The van der Waals surface area contributed by atoms with E-state index < -0.39 is 23.8 Å². The number of benzene rings is 2. The summed E-state index contributed by atoms with van der Waals surface area (Å²) < 4.78 is 0. The van der Waals surface area contributed by atoms with Crippen molar-refractivity contribution in [2.75, 3.05) is 32.1 Å². The van der Waals surface area contributed by atoms with Gasteiger partial charge in [0.25, 0.3) is 0 Å². The lowest BCUT2D eigenvalue weighted by Gasteiger charge is -2.35. The van der Waals surface area contributed by atoms with E-state index in [1.54, 1.807) is 0 Å². The van der Waals surface area contributed by atoms with Gasteiger partial charge in [0, 0.05) is 22.9 Å². The maximum Gasteiger partial charge on any atom is 0.161 e. The summed E-state index contributed by atoms with van der Waals surface area (Å²) in [7, 11) is 4.29. The van der Waals surface area contributed by atoms with Crippen LogP contribution in [0.25, 0.3) is 0 Å². The molecule has 0 radical (unpaired) electrons. The quantitative estimate of drug-likeness (QED) is 0.678. The predicted octanol–water partition coefficient (Wildman–Crippen LogP) is 3.37. The van der Waals surface area contributed by atoms with Crippen molar-refractivity contribution in [3.8, 4) is 0 Å². The van der Waals surface area contributed by atoms with Crippen LogP contribution >= 0.6 is 11.8 Å². The summed E-state index contributed by atoms with van der Waals surface area (Å²) in [6.07, 6.45) is -3.14. The smallest absolute Gasteiger partial charge is 0.161 e. The van der Waals surface area contributed by atoms with E-state index in [2.05, 4.69) is 79.3 Å². The summed E-state index contributed by atoms with van der Waals surface area (Å²) in [5.74, 6) is -0.602. The molecule has 1 unspecified atom stereocenters. The molecule has 31 heavy (non-hydrogen) atoms. The number of Topliss-reactive ketones (excluding diaryl/α,β-unsaturated/α-hetero) is 2. The first-order chi connectivity index (χ1) is 14.6. The summed E-state index contributed by atoms with van der Waals surface area (Å²) >= 11 is 1.88. The second-order valence-electron chi connectivity index (χ2n) is 8.13. The van der Waals surface area contributed by atoms with Gasteiger partial charge in [0.15, 0.2) is 11.6 Å². The van der Waals surface area contributed by atoms with Crippen molar-refractivity contribution in [3.05, 3.63) is 48.5 Å². The lowest BCUT2D eigenvalue weighted by Crippen LogP contribution is -2.37. The average Bonchev–Trinajstić information content (AvgIpc) is 2.72. The molecule has 6 nitrogen and oxygen atoms in total. The molecule has 3 rings (SSSR count). The largest absolute Gasteiger partial charge is 0.382 e. The topological polar surface area (TPSA) is 81.1 Å². The van der Waals surface area contributed by atoms with Crippen molar-refractivity contribution in [1.82, 2.24) is 4.90 Å². The highest BCUT2D eigenvalue weighted by Gasteiger charge is 2.25. The lowest BCUT2D eigenvalue weighted by atomic mass is 10.1. The number of nitrogens with zero attached hydrogens (tertiary/aromatic N) is 2. The summed E-state index contributed by atoms with van der Waals surface area (Å²) in [5, 5.41) is 17.5. The van der Waals surface area contributed by atoms with Crippen LogP contribution in [0.1, 0.15) is 20.8 Å². The van der Waals surface area contributed by atoms with E-state index in [0.717, 1.165) is 26.9 Å². The highest BCUT2D eigenvalue weighted by atomic mass is 32.2. The number of aliphatic hydroxyl groups excluding tert-OH is 2. The molecule has 3 atom stereocenters. The third-order valence-corrected chi connectivity index (χ3v) is 5.97. The van der Waals surface area contributed by atoms with Gasteiger partial charge in [-0.15, -0.1) is 0 Å². The Hall–Kier alpha value is -2.19. The zero-order valence-corrected chi connectivity index (χ0v) is 19.6. The molecule has 0 saturated heterocycles. The van der Waals surface area contributed by atoms with Crippen molar-refractivity contribution in [3.63, 3.8) is 0 Å². The minimum Gasteiger partial charge on any atom is -0.382 e. The molecule has 0 fully saturated rings. The average molecular weight is 445 g/mol. The Balaban J connectivity index is 0.000000291. The Bertz CT molecular complexity index is 839. The van der Waals surface area contributed by atoms with Gasteiger partial charge in [0.1, 0.15) is 12.2 Å². The first kappa shape index (κ1) is 25.1. The molecule has 7 heteroatoms. The summed E-state index contributed by atoms with van der Waals surface area (Å²) in [6, 6.07) is 17.4. The fraction of sp³-hybridized carbons (Fsp3) is 0.417. The van der Waals surface area contributed by atoms with Crippen LogP contribution in [0.5, 0.6) is 0 Å². The Morgan fingerprint density at radius 1 is 0.903 bits per heavy atom. The van der Waals surface area contributed by atoms with Crippen molar-refractivity contribution < 1.29 is 19.8 Å². The second kappa shape index (κ2) is 11.4. The van der Waals surface area contributed by atoms with Crippen LogP contribution in [-0.4, -0.2) is 66.1 Å². The number of hydrogen-bond donors (Lipinski definition) is 2. The predicted molar refractivity (Wildman–Crippen MR) is 125 cm³/mol. The van der Waals surface area contributed by atoms with Gasteiger partial charge >= 0.3 is 0 Å². The zero-order chi connectivity index (χ0) is 23.1. The van der Waals surface area contributed by atoms with Crippen molar-refractivity contribution in [2.45, 2.75) is 42.8 Å². The summed E-state index contributed by atoms with van der Waals surface area (Å²) in [4.78, 5) is 28.1. The number of anilines is 2. The standard InChI is InChI=1S/C18H22N2S.C6H10O4/c1-14(12-19(2)3)13-20-15-8-4-6-10-17(15)21-18-11-7-5-9-16(18)20;1-3(7)5(9)6(10)4(2)8/h4-11,14H,12-13H2,1-3H3;5-6,9-10H,1-2H3/t;5-,6-/m.0/s1. The Morgan fingerprint density at radius 3 is 1.71 bits per heavy atom. The summed E-state index contributed by atoms with van der Waals surface area (Å²) in [6.45, 7) is 6.70. The number of rotatable bonds is 7. The van der Waals surface area contributed by atoms with Crippen LogP contribution in [0, 0.1) is 5.92 Å². The minimum absolute atomic E-state index is 0.609. The molecule has 2 N–H and O–H groups in total. The van der Waals surface area contributed by atoms with Crippen LogP contribution in [-0.2, 0) is 9.59 Å². The van der Waals surface area contributed by atoms with Crippen molar-refractivity contribution >= 4 is 34.7 Å². The van der Waals surface area contributed by atoms with Crippen LogP contribution < -0.4 is 4.90 Å². The molecule has 0 bridgehead atoms. The highest BCUT2D eigenvalue weighted by Crippen LogP contribution is 2.47. The fourth-order valence-corrected chi connectivity index (χ4v) is 4.51. The van der Waals surface area contributed by atoms with Gasteiger partial charge in [-0.2, -0.15) is 0 Å². The monoisotopic (exact) mass is 444 g/mol. The first-order valence-corrected chi connectivity index (χ1v) is 11.1.